The number of amides is 1. The quantitative estimate of drug-likeness (QED) is 0.669. The largest absolute Gasteiger partial charge is 0.374 e. The first-order valence-electron chi connectivity index (χ1n) is 5.10. The van der Waals surface area contributed by atoms with Crippen molar-refractivity contribution in [2.75, 3.05) is 13.2 Å². The van der Waals surface area contributed by atoms with Crippen molar-refractivity contribution < 1.29 is 9.53 Å². The van der Waals surface area contributed by atoms with Gasteiger partial charge in [-0.1, -0.05) is 20.8 Å². The Hall–Kier alpha value is -0.900. The van der Waals surface area contributed by atoms with Crippen LogP contribution >= 0.6 is 0 Å². The summed E-state index contributed by atoms with van der Waals surface area (Å²) in [5.41, 5.74) is 0. The van der Waals surface area contributed by atoms with E-state index < -0.39 is 0 Å². The lowest BCUT2D eigenvalue weighted by Gasteiger charge is -2.06. The molecule has 1 heterocycles. The molecule has 4 heteroatoms. The molecule has 0 spiro atoms. The highest BCUT2D eigenvalue weighted by Gasteiger charge is 2.28. The lowest BCUT2D eigenvalue weighted by molar-refractivity contribution is -0.120. The third-order valence-electron chi connectivity index (χ3n) is 2.05. The maximum absolute atomic E-state index is 11.4. The van der Waals surface area contributed by atoms with E-state index in [0.717, 1.165) is 6.42 Å². The van der Waals surface area contributed by atoms with Gasteiger partial charge in [-0.3, -0.25) is 9.79 Å². The second kappa shape index (κ2) is 5.10. The Morgan fingerprint density at radius 3 is 2.79 bits per heavy atom. The maximum atomic E-state index is 11.4. The van der Waals surface area contributed by atoms with E-state index in [1.54, 1.807) is 0 Å². The monoisotopic (exact) mass is 198 g/mol. The summed E-state index contributed by atoms with van der Waals surface area (Å²) in [6, 6.07) is -0.227. The standard InChI is InChI=1S/C10H18N2O2/c1-4-5-14-6-8-11-9(7(2)3)10(13)12-8/h7,9H,4-6H2,1-3H3,(H,11,12,13). The zero-order valence-electron chi connectivity index (χ0n) is 9.04. The molecule has 0 aromatic heterocycles. The Labute approximate surface area is 84.7 Å². The molecule has 0 aromatic carbocycles. The zero-order valence-corrected chi connectivity index (χ0v) is 9.04. The Kier molecular flexibility index (Phi) is 4.07. The van der Waals surface area contributed by atoms with Gasteiger partial charge in [0, 0.05) is 6.61 Å². The minimum atomic E-state index is -0.227. The Morgan fingerprint density at radius 1 is 1.57 bits per heavy atom. The summed E-state index contributed by atoms with van der Waals surface area (Å²) >= 11 is 0. The van der Waals surface area contributed by atoms with Crippen LogP contribution in [0.25, 0.3) is 0 Å². The molecule has 1 N–H and O–H groups in total. The highest BCUT2D eigenvalue weighted by Crippen LogP contribution is 2.11. The van der Waals surface area contributed by atoms with Gasteiger partial charge in [-0.25, -0.2) is 0 Å². The molecule has 0 bridgehead atoms. The van der Waals surface area contributed by atoms with Crippen molar-refractivity contribution in [1.29, 1.82) is 0 Å². The van der Waals surface area contributed by atoms with E-state index in [2.05, 4.69) is 10.3 Å². The molecule has 0 aromatic rings. The summed E-state index contributed by atoms with van der Waals surface area (Å²) < 4.78 is 5.30. The third kappa shape index (κ3) is 2.80. The second-order valence-corrected chi connectivity index (χ2v) is 3.81. The van der Waals surface area contributed by atoms with Crippen LogP contribution in [0.15, 0.2) is 4.99 Å². The van der Waals surface area contributed by atoms with E-state index >= 15 is 0 Å². The fraction of sp³-hybridized carbons (Fsp3) is 0.800. The van der Waals surface area contributed by atoms with Gasteiger partial charge >= 0.3 is 0 Å². The van der Waals surface area contributed by atoms with Gasteiger partial charge in [0.25, 0.3) is 0 Å². The minimum Gasteiger partial charge on any atom is -0.374 e. The number of nitrogens with zero attached hydrogens (tertiary/aromatic N) is 1. The molecule has 4 nitrogen and oxygen atoms in total. The summed E-state index contributed by atoms with van der Waals surface area (Å²) in [5.74, 6) is 0.913. The van der Waals surface area contributed by atoms with Crippen molar-refractivity contribution in [2.45, 2.75) is 33.2 Å². The fourth-order valence-corrected chi connectivity index (χ4v) is 1.31. The predicted octanol–water partition coefficient (Wildman–Crippen LogP) is 0.966. The molecule has 1 amide bonds. The number of aliphatic imine (C=N–C) groups is 1. The van der Waals surface area contributed by atoms with Gasteiger partial charge in [-0.15, -0.1) is 0 Å². The highest BCUT2D eigenvalue weighted by molar-refractivity contribution is 6.06. The van der Waals surface area contributed by atoms with E-state index in [4.69, 9.17) is 4.74 Å². The van der Waals surface area contributed by atoms with Gasteiger partial charge in [0.15, 0.2) is 0 Å². The topological polar surface area (TPSA) is 50.7 Å². The van der Waals surface area contributed by atoms with Crippen molar-refractivity contribution in [1.82, 2.24) is 5.32 Å². The number of amidine groups is 1. The molecule has 1 atom stereocenters. The summed E-state index contributed by atoms with van der Waals surface area (Å²) in [4.78, 5) is 15.6. The number of carbonyl (C=O) groups excluding carboxylic acids is 1. The van der Waals surface area contributed by atoms with Crippen LogP contribution in [0.5, 0.6) is 0 Å². The molecular formula is C10H18N2O2. The van der Waals surface area contributed by atoms with Crippen LogP contribution in [0.4, 0.5) is 0 Å². The first kappa shape index (κ1) is 11.2. The number of ether oxygens (including phenoxy) is 1. The summed E-state index contributed by atoms with van der Waals surface area (Å²) in [7, 11) is 0. The molecule has 14 heavy (non-hydrogen) atoms. The molecule has 0 radical (unpaired) electrons. The van der Waals surface area contributed by atoms with Crippen LogP contribution in [0.1, 0.15) is 27.2 Å². The van der Waals surface area contributed by atoms with Crippen LogP contribution in [-0.4, -0.2) is 31.0 Å². The molecule has 0 aliphatic carbocycles. The summed E-state index contributed by atoms with van der Waals surface area (Å²) in [5, 5.41) is 2.73. The van der Waals surface area contributed by atoms with Gasteiger partial charge in [-0.05, 0) is 12.3 Å². The normalized spacial score (nSPS) is 21.3. The zero-order chi connectivity index (χ0) is 10.6. The second-order valence-electron chi connectivity index (χ2n) is 3.81. The van der Waals surface area contributed by atoms with E-state index in [9.17, 15) is 4.79 Å². The number of hydrogen-bond donors (Lipinski definition) is 1. The summed E-state index contributed by atoms with van der Waals surface area (Å²) in [6.07, 6.45) is 0.981. The Morgan fingerprint density at radius 2 is 2.29 bits per heavy atom. The first-order valence-corrected chi connectivity index (χ1v) is 5.10. The molecule has 1 rings (SSSR count). The van der Waals surface area contributed by atoms with Gasteiger partial charge in [0.1, 0.15) is 18.5 Å². The molecule has 0 saturated carbocycles. The lowest BCUT2D eigenvalue weighted by Crippen LogP contribution is -2.32. The molecule has 0 saturated heterocycles. The Balaban J connectivity index is 2.41. The third-order valence-corrected chi connectivity index (χ3v) is 2.05. The SMILES string of the molecule is CCCOCC1=NC(C(C)C)C(=O)N1. The van der Waals surface area contributed by atoms with Gasteiger partial charge < -0.3 is 10.1 Å². The highest BCUT2D eigenvalue weighted by atomic mass is 16.5. The van der Waals surface area contributed by atoms with Crippen molar-refractivity contribution in [3.8, 4) is 0 Å². The van der Waals surface area contributed by atoms with E-state index in [0.29, 0.717) is 19.0 Å². The number of nitrogens with one attached hydrogen (secondary N) is 1. The van der Waals surface area contributed by atoms with E-state index in [1.165, 1.54) is 0 Å². The molecule has 80 valence electrons. The smallest absolute Gasteiger partial charge is 0.250 e. The van der Waals surface area contributed by atoms with Crippen LogP contribution in [0.2, 0.25) is 0 Å². The molecule has 1 aliphatic rings. The van der Waals surface area contributed by atoms with Crippen LogP contribution in [-0.2, 0) is 9.53 Å². The molecule has 0 fully saturated rings. The fourth-order valence-electron chi connectivity index (χ4n) is 1.31. The van der Waals surface area contributed by atoms with Crippen LogP contribution in [0.3, 0.4) is 0 Å². The first-order chi connectivity index (χ1) is 6.65. The molecule has 1 aliphatic heterocycles. The van der Waals surface area contributed by atoms with Crippen molar-refractivity contribution >= 4 is 11.7 Å². The average Bonchev–Trinajstić information content (AvgIpc) is 2.47. The lowest BCUT2D eigenvalue weighted by atomic mass is 10.1. The maximum Gasteiger partial charge on any atom is 0.250 e. The molecule has 1 unspecified atom stereocenters. The van der Waals surface area contributed by atoms with E-state index in [-0.39, 0.29) is 17.9 Å². The van der Waals surface area contributed by atoms with Gasteiger partial charge in [0.2, 0.25) is 5.91 Å². The van der Waals surface area contributed by atoms with Crippen molar-refractivity contribution in [2.24, 2.45) is 10.9 Å². The van der Waals surface area contributed by atoms with E-state index in [1.807, 2.05) is 20.8 Å². The number of carbonyl (C=O) groups is 1. The summed E-state index contributed by atoms with van der Waals surface area (Å²) in [6.45, 7) is 7.16. The van der Waals surface area contributed by atoms with Crippen LogP contribution < -0.4 is 5.32 Å². The van der Waals surface area contributed by atoms with Gasteiger partial charge in [-0.2, -0.15) is 0 Å². The van der Waals surface area contributed by atoms with Crippen molar-refractivity contribution in [3.05, 3.63) is 0 Å². The Bertz CT molecular complexity index is 236. The van der Waals surface area contributed by atoms with Crippen molar-refractivity contribution in [3.63, 3.8) is 0 Å². The number of hydrogen-bond acceptors (Lipinski definition) is 3. The average molecular weight is 198 g/mol. The van der Waals surface area contributed by atoms with Crippen LogP contribution in [0, 0.1) is 5.92 Å². The number of rotatable bonds is 5. The molecular weight excluding hydrogens is 180 g/mol. The predicted molar refractivity (Wildman–Crippen MR) is 55.3 cm³/mol. The minimum absolute atomic E-state index is 0.00454. The van der Waals surface area contributed by atoms with Gasteiger partial charge in [0.05, 0.1) is 0 Å².